The van der Waals surface area contributed by atoms with Crippen molar-refractivity contribution in [3.05, 3.63) is 11.7 Å². The predicted molar refractivity (Wildman–Crippen MR) is 46.7 cm³/mol. The minimum absolute atomic E-state index is 0.0541. The van der Waals surface area contributed by atoms with Gasteiger partial charge in [0.15, 0.2) is 0 Å². The fraction of sp³-hybridized carbons (Fsp3) is 0.778. The molecule has 0 aromatic heterocycles. The van der Waals surface area contributed by atoms with Crippen LogP contribution in [0, 0.1) is 5.92 Å². The summed E-state index contributed by atoms with van der Waals surface area (Å²) in [6.07, 6.45) is -1.61. The average Bonchev–Trinajstić information content (AvgIpc) is 2.27. The third-order valence-corrected chi connectivity index (χ3v) is 2.22. The Kier molecular flexibility index (Phi) is 3.81. The number of ether oxygens (including phenoxy) is 1. The highest BCUT2D eigenvalue weighted by Crippen LogP contribution is 2.13. The van der Waals surface area contributed by atoms with Crippen molar-refractivity contribution >= 4 is 0 Å². The zero-order valence-corrected chi connectivity index (χ0v) is 7.94. The average molecular weight is 191 g/mol. The molecule has 1 atom stereocenters. The molecule has 0 radical (unpaired) electrons. The number of nitrogens with one attached hydrogen (secondary N) is 1. The molecule has 1 fully saturated rings. The van der Waals surface area contributed by atoms with Crippen molar-refractivity contribution in [1.82, 2.24) is 5.32 Å². The smallest absolute Gasteiger partial charge is 0.273 e. The van der Waals surface area contributed by atoms with Gasteiger partial charge in [0.25, 0.3) is 6.08 Å². The van der Waals surface area contributed by atoms with Gasteiger partial charge in [0.05, 0.1) is 13.2 Å². The molecule has 1 aliphatic rings. The minimum Gasteiger partial charge on any atom is -0.375 e. The summed E-state index contributed by atoms with van der Waals surface area (Å²) in [5.74, 6) is 0.405. The Morgan fingerprint density at radius 1 is 1.54 bits per heavy atom. The standard InChI is InChI=1S/C9H15F2NO/c1-6(2)8-5-13-4-7(3-12-8)9(10)11/h6,8,12H,3-5H2,1-2H3. The van der Waals surface area contributed by atoms with Crippen LogP contribution in [-0.2, 0) is 4.74 Å². The first-order valence-electron chi connectivity index (χ1n) is 4.45. The van der Waals surface area contributed by atoms with Crippen molar-refractivity contribution in [3.63, 3.8) is 0 Å². The summed E-state index contributed by atoms with van der Waals surface area (Å²) in [6, 6.07) is 0.178. The third-order valence-electron chi connectivity index (χ3n) is 2.22. The van der Waals surface area contributed by atoms with E-state index in [-0.39, 0.29) is 24.8 Å². The summed E-state index contributed by atoms with van der Waals surface area (Å²) in [4.78, 5) is 0. The number of hydrogen-bond donors (Lipinski definition) is 1. The Labute approximate surface area is 77.0 Å². The first-order chi connectivity index (χ1) is 6.11. The lowest BCUT2D eigenvalue weighted by molar-refractivity contribution is 0.129. The van der Waals surface area contributed by atoms with E-state index in [4.69, 9.17) is 4.74 Å². The van der Waals surface area contributed by atoms with Crippen LogP contribution in [0.4, 0.5) is 8.78 Å². The SMILES string of the molecule is CC(C)C1COCC(=C(F)F)CN1. The predicted octanol–water partition coefficient (Wildman–Crippen LogP) is 1.78. The maximum absolute atomic E-state index is 12.2. The molecule has 1 unspecified atom stereocenters. The van der Waals surface area contributed by atoms with Gasteiger partial charge in [-0.25, -0.2) is 0 Å². The molecular weight excluding hydrogens is 176 g/mol. The third kappa shape index (κ3) is 3.04. The fourth-order valence-corrected chi connectivity index (χ4v) is 1.22. The van der Waals surface area contributed by atoms with Gasteiger partial charge in [-0.3, -0.25) is 0 Å². The van der Waals surface area contributed by atoms with E-state index in [2.05, 4.69) is 5.32 Å². The Balaban J connectivity index is 2.54. The number of hydrogen-bond acceptors (Lipinski definition) is 2. The van der Waals surface area contributed by atoms with Gasteiger partial charge < -0.3 is 10.1 Å². The molecule has 2 nitrogen and oxygen atoms in total. The summed E-state index contributed by atoms with van der Waals surface area (Å²) < 4.78 is 29.5. The molecule has 0 spiro atoms. The van der Waals surface area contributed by atoms with Gasteiger partial charge in [-0.1, -0.05) is 13.8 Å². The zero-order chi connectivity index (χ0) is 9.84. The van der Waals surface area contributed by atoms with Crippen LogP contribution in [0.2, 0.25) is 0 Å². The Bertz CT molecular complexity index is 200. The van der Waals surface area contributed by atoms with Crippen molar-refractivity contribution in [2.24, 2.45) is 5.92 Å². The number of rotatable bonds is 1. The second-order valence-electron chi connectivity index (χ2n) is 3.61. The van der Waals surface area contributed by atoms with Gasteiger partial charge in [-0.2, -0.15) is 8.78 Å². The number of halogens is 2. The quantitative estimate of drug-likeness (QED) is 0.682. The van der Waals surface area contributed by atoms with Crippen molar-refractivity contribution in [3.8, 4) is 0 Å². The summed E-state index contributed by atoms with van der Waals surface area (Å²) >= 11 is 0. The van der Waals surface area contributed by atoms with E-state index in [1.807, 2.05) is 13.8 Å². The highest BCUT2D eigenvalue weighted by Gasteiger charge is 2.19. The lowest BCUT2D eigenvalue weighted by atomic mass is 10.1. The molecule has 13 heavy (non-hydrogen) atoms. The van der Waals surface area contributed by atoms with E-state index in [9.17, 15) is 8.78 Å². The zero-order valence-electron chi connectivity index (χ0n) is 7.94. The summed E-state index contributed by atoms with van der Waals surface area (Å²) in [5, 5.41) is 3.05. The highest BCUT2D eigenvalue weighted by atomic mass is 19.3. The molecule has 0 saturated carbocycles. The molecule has 1 rings (SSSR count). The molecule has 1 aliphatic heterocycles. The normalized spacial score (nSPS) is 24.7. The van der Waals surface area contributed by atoms with Gasteiger partial charge in [0, 0.05) is 18.2 Å². The maximum atomic E-state index is 12.2. The molecule has 1 heterocycles. The Morgan fingerprint density at radius 3 is 2.77 bits per heavy atom. The lowest BCUT2D eigenvalue weighted by Gasteiger charge is -2.18. The van der Waals surface area contributed by atoms with Crippen LogP contribution in [-0.4, -0.2) is 25.8 Å². The van der Waals surface area contributed by atoms with E-state index < -0.39 is 6.08 Å². The topological polar surface area (TPSA) is 21.3 Å². The Morgan fingerprint density at radius 2 is 2.23 bits per heavy atom. The van der Waals surface area contributed by atoms with Gasteiger partial charge in [0.2, 0.25) is 0 Å². The van der Waals surface area contributed by atoms with E-state index in [1.54, 1.807) is 0 Å². The van der Waals surface area contributed by atoms with Crippen LogP contribution in [0.5, 0.6) is 0 Å². The van der Waals surface area contributed by atoms with Crippen LogP contribution >= 0.6 is 0 Å². The monoisotopic (exact) mass is 191 g/mol. The van der Waals surface area contributed by atoms with Crippen molar-refractivity contribution in [2.45, 2.75) is 19.9 Å². The van der Waals surface area contributed by atoms with Gasteiger partial charge in [-0.15, -0.1) is 0 Å². The van der Waals surface area contributed by atoms with Crippen molar-refractivity contribution in [2.75, 3.05) is 19.8 Å². The molecule has 76 valence electrons. The van der Waals surface area contributed by atoms with E-state index in [1.165, 1.54) is 0 Å². The van der Waals surface area contributed by atoms with Gasteiger partial charge >= 0.3 is 0 Å². The fourth-order valence-electron chi connectivity index (χ4n) is 1.22. The maximum Gasteiger partial charge on any atom is 0.273 e. The van der Waals surface area contributed by atoms with Crippen LogP contribution < -0.4 is 5.32 Å². The lowest BCUT2D eigenvalue weighted by Crippen LogP contribution is -2.36. The summed E-state index contributed by atoms with van der Waals surface area (Å²) in [6.45, 7) is 4.89. The summed E-state index contributed by atoms with van der Waals surface area (Å²) in [5.41, 5.74) is 0.0724. The molecular formula is C9H15F2NO. The molecule has 0 aliphatic carbocycles. The summed E-state index contributed by atoms with van der Waals surface area (Å²) in [7, 11) is 0. The highest BCUT2D eigenvalue weighted by molar-refractivity contribution is 5.07. The molecule has 0 amide bonds. The second kappa shape index (κ2) is 4.67. The van der Waals surface area contributed by atoms with Crippen LogP contribution in [0.25, 0.3) is 0 Å². The van der Waals surface area contributed by atoms with Crippen LogP contribution in [0.1, 0.15) is 13.8 Å². The van der Waals surface area contributed by atoms with Crippen LogP contribution in [0.15, 0.2) is 11.7 Å². The molecule has 4 heteroatoms. The largest absolute Gasteiger partial charge is 0.375 e. The van der Waals surface area contributed by atoms with Crippen LogP contribution in [0.3, 0.4) is 0 Å². The molecule has 0 aromatic rings. The van der Waals surface area contributed by atoms with E-state index >= 15 is 0 Å². The van der Waals surface area contributed by atoms with E-state index in [0.717, 1.165) is 0 Å². The molecule has 1 N–H and O–H groups in total. The first-order valence-corrected chi connectivity index (χ1v) is 4.45. The minimum atomic E-state index is -1.61. The van der Waals surface area contributed by atoms with Gasteiger partial charge in [-0.05, 0) is 5.92 Å². The Hall–Kier alpha value is -0.480. The van der Waals surface area contributed by atoms with Crippen molar-refractivity contribution in [1.29, 1.82) is 0 Å². The molecule has 1 saturated heterocycles. The molecule has 0 aromatic carbocycles. The first kappa shape index (κ1) is 10.6. The second-order valence-corrected chi connectivity index (χ2v) is 3.61. The van der Waals surface area contributed by atoms with E-state index in [0.29, 0.717) is 12.5 Å². The molecule has 0 bridgehead atoms. The van der Waals surface area contributed by atoms with Gasteiger partial charge in [0.1, 0.15) is 0 Å². The van der Waals surface area contributed by atoms with Crippen molar-refractivity contribution < 1.29 is 13.5 Å².